The van der Waals surface area contributed by atoms with Gasteiger partial charge in [0.15, 0.2) is 0 Å². The molecule has 5 nitrogen and oxygen atoms in total. The van der Waals surface area contributed by atoms with E-state index in [2.05, 4.69) is 22.1 Å². The zero-order chi connectivity index (χ0) is 14.7. The minimum atomic E-state index is -0.365. The first kappa shape index (κ1) is 14.8. The second kappa shape index (κ2) is 6.22. The summed E-state index contributed by atoms with van der Waals surface area (Å²) < 4.78 is 0. The van der Waals surface area contributed by atoms with Crippen LogP contribution in [0.2, 0.25) is 0 Å². The van der Waals surface area contributed by atoms with Crippen LogP contribution in [-0.2, 0) is 0 Å². The van der Waals surface area contributed by atoms with Gasteiger partial charge in [0.1, 0.15) is 5.82 Å². The van der Waals surface area contributed by atoms with Gasteiger partial charge in [0.25, 0.3) is 5.91 Å². The molecule has 2 rings (SSSR count). The second-order valence-electron chi connectivity index (χ2n) is 5.84. The van der Waals surface area contributed by atoms with Gasteiger partial charge >= 0.3 is 0 Å². The SMILES string of the molecule is Cc1cnc(N2CCCC(C)C2)c(C(=O)NC(C)N)c1. The molecule has 1 aromatic rings. The van der Waals surface area contributed by atoms with Crippen molar-refractivity contribution < 1.29 is 4.79 Å². The molecule has 3 N–H and O–H groups in total. The Morgan fingerprint density at radius 3 is 3.00 bits per heavy atom. The third-order valence-corrected chi connectivity index (χ3v) is 3.56. The Hall–Kier alpha value is -1.62. The molecule has 1 saturated heterocycles. The smallest absolute Gasteiger partial charge is 0.256 e. The standard InChI is InChI=1S/C15H24N4O/c1-10-5-4-6-19(9-10)14-13(7-11(2)8-17-14)15(20)18-12(3)16/h7-8,10,12H,4-6,9,16H2,1-3H3,(H,18,20). The Balaban J connectivity index is 2.29. The van der Waals surface area contributed by atoms with Crippen molar-refractivity contribution in [3.63, 3.8) is 0 Å². The highest BCUT2D eigenvalue weighted by Gasteiger charge is 2.23. The molecule has 1 aliphatic heterocycles. The highest BCUT2D eigenvalue weighted by Crippen LogP contribution is 2.25. The molecule has 1 aromatic heterocycles. The first-order valence-electron chi connectivity index (χ1n) is 7.25. The first-order chi connectivity index (χ1) is 9.47. The zero-order valence-corrected chi connectivity index (χ0v) is 12.5. The summed E-state index contributed by atoms with van der Waals surface area (Å²) in [6, 6.07) is 1.89. The maximum absolute atomic E-state index is 12.3. The number of nitrogens with two attached hydrogens (primary N) is 1. The molecule has 0 bridgehead atoms. The highest BCUT2D eigenvalue weighted by molar-refractivity contribution is 5.99. The predicted octanol–water partition coefficient (Wildman–Crippen LogP) is 1.66. The van der Waals surface area contributed by atoms with Crippen LogP contribution in [0.4, 0.5) is 5.82 Å². The van der Waals surface area contributed by atoms with Crippen LogP contribution in [0.1, 0.15) is 42.6 Å². The lowest BCUT2D eigenvalue weighted by molar-refractivity contribution is 0.0941. The number of carbonyl (C=O) groups excluding carboxylic acids is 1. The lowest BCUT2D eigenvalue weighted by Crippen LogP contribution is -2.41. The number of aromatic nitrogens is 1. The van der Waals surface area contributed by atoms with E-state index >= 15 is 0 Å². The maximum atomic E-state index is 12.3. The van der Waals surface area contributed by atoms with E-state index in [1.807, 2.05) is 19.2 Å². The molecule has 0 spiro atoms. The molecule has 2 heterocycles. The number of anilines is 1. The Kier molecular flexibility index (Phi) is 4.60. The van der Waals surface area contributed by atoms with Crippen LogP contribution in [0.5, 0.6) is 0 Å². The van der Waals surface area contributed by atoms with E-state index in [1.54, 1.807) is 6.92 Å². The maximum Gasteiger partial charge on any atom is 0.256 e. The average molecular weight is 276 g/mol. The fourth-order valence-electron chi connectivity index (χ4n) is 2.65. The van der Waals surface area contributed by atoms with Gasteiger partial charge in [-0.1, -0.05) is 6.92 Å². The van der Waals surface area contributed by atoms with Crippen LogP contribution in [0.15, 0.2) is 12.3 Å². The Labute approximate surface area is 120 Å². The number of nitrogens with zero attached hydrogens (tertiary/aromatic N) is 2. The molecule has 1 fully saturated rings. The van der Waals surface area contributed by atoms with Gasteiger partial charge in [-0.3, -0.25) is 4.79 Å². The van der Waals surface area contributed by atoms with Crippen molar-refractivity contribution >= 4 is 11.7 Å². The third-order valence-electron chi connectivity index (χ3n) is 3.56. The lowest BCUT2D eigenvalue weighted by atomic mass is 9.99. The van der Waals surface area contributed by atoms with Gasteiger partial charge < -0.3 is 16.0 Å². The Morgan fingerprint density at radius 2 is 2.35 bits per heavy atom. The molecule has 110 valence electrons. The number of rotatable bonds is 3. The van der Waals surface area contributed by atoms with Crippen molar-refractivity contribution in [3.05, 3.63) is 23.4 Å². The van der Waals surface area contributed by atoms with E-state index in [0.29, 0.717) is 11.5 Å². The molecular weight excluding hydrogens is 252 g/mol. The van der Waals surface area contributed by atoms with Crippen molar-refractivity contribution in [2.45, 2.75) is 39.8 Å². The summed E-state index contributed by atoms with van der Waals surface area (Å²) in [6.07, 6.45) is 3.84. The largest absolute Gasteiger partial charge is 0.356 e. The number of piperidine rings is 1. The summed E-state index contributed by atoms with van der Waals surface area (Å²) in [5.74, 6) is 1.26. The van der Waals surface area contributed by atoms with Crippen molar-refractivity contribution in [2.24, 2.45) is 11.7 Å². The number of aryl methyl sites for hydroxylation is 1. The average Bonchev–Trinajstić information content (AvgIpc) is 2.37. The zero-order valence-electron chi connectivity index (χ0n) is 12.5. The first-order valence-corrected chi connectivity index (χ1v) is 7.25. The fourth-order valence-corrected chi connectivity index (χ4v) is 2.65. The summed E-state index contributed by atoms with van der Waals surface area (Å²) in [6.45, 7) is 7.84. The number of nitrogens with one attached hydrogen (secondary N) is 1. The Morgan fingerprint density at radius 1 is 1.60 bits per heavy atom. The van der Waals surface area contributed by atoms with Crippen LogP contribution >= 0.6 is 0 Å². The van der Waals surface area contributed by atoms with E-state index in [4.69, 9.17) is 5.73 Å². The summed E-state index contributed by atoms with van der Waals surface area (Å²) in [5, 5.41) is 2.75. The predicted molar refractivity (Wildman–Crippen MR) is 80.7 cm³/mol. The fraction of sp³-hybridized carbons (Fsp3) is 0.600. The molecule has 0 aromatic carbocycles. The molecule has 5 heteroatoms. The third kappa shape index (κ3) is 3.48. The normalized spacial score (nSPS) is 20.6. The van der Waals surface area contributed by atoms with Crippen molar-refractivity contribution in [1.29, 1.82) is 0 Å². The summed E-state index contributed by atoms with van der Waals surface area (Å²) in [7, 11) is 0. The van der Waals surface area contributed by atoms with E-state index in [1.165, 1.54) is 6.42 Å². The van der Waals surface area contributed by atoms with E-state index in [-0.39, 0.29) is 12.1 Å². The lowest BCUT2D eigenvalue weighted by Gasteiger charge is -2.33. The van der Waals surface area contributed by atoms with Gasteiger partial charge in [0.05, 0.1) is 11.7 Å². The number of amides is 1. The quantitative estimate of drug-likeness (QED) is 0.824. The molecule has 2 unspecified atom stereocenters. The van der Waals surface area contributed by atoms with Gasteiger partial charge in [0.2, 0.25) is 0 Å². The number of hydrogen-bond acceptors (Lipinski definition) is 4. The van der Waals surface area contributed by atoms with Gasteiger partial charge in [0, 0.05) is 19.3 Å². The van der Waals surface area contributed by atoms with Crippen LogP contribution < -0.4 is 16.0 Å². The van der Waals surface area contributed by atoms with E-state index in [0.717, 1.165) is 30.9 Å². The molecule has 0 aliphatic carbocycles. The number of hydrogen-bond donors (Lipinski definition) is 2. The molecule has 1 aliphatic rings. The topological polar surface area (TPSA) is 71.2 Å². The minimum Gasteiger partial charge on any atom is -0.356 e. The molecular formula is C15H24N4O. The molecule has 0 radical (unpaired) electrons. The van der Waals surface area contributed by atoms with Crippen molar-refractivity contribution in [2.75, 3.05) is 18.0 Å². The van der Waals surface area contributed by atoms with Crippen LogP contribution in [0, 0.1) is 12.8 Å². The molecule has 20 heavy (non-hydrogen) atoms. The van der Waals surface area contributed by atoms with E-state index < -0.39 is 0 Å². The summed E-state index contributed by atoms with van der Waals surface area (Å²) in [5.41, 5.74) is 7.26. The van der Waals surface area contributed by atoms with Crippen molar-refractivity contribution in [1.82, 2.24) is 10.3 Å². The highest BCUT2D eigenvalue weighted by atomic mass is 16.1. The monoisotopic (exact) mass is 276 g/mol. The molecule has 2 atom stereocenters. The molecule has 1 amide bonds. The van der Waals surface area contributed by atoms with Gasteiger partial charge in [-0.05, 0) is 44.2 Å². The van der Waals surface area contributed by atoms with Gasteiger partial charge in [-0.15, -0.1) is 0 Å². The Bertz CT molecular complexity index is 487. The van der Waals surface area contributed by atoms with Crippen molar-refractivity contribution in [3.8, 4) is 0 Å². The summed E-state index contributed by atoms with van der Waals surface area (Å²) >= 11 is 0. The van der Waals surface area contributed by atoms with Crippen LogP contribution in [0.3, 0.4) is 0 Å². The van der Waals surface area contributed by atoms with E-state index in [9.17, 15) is 4.79 Å². The minimum absolute atomic E-state index is 0.149. The van der Waals surface area contributed by atoms with Crippen LogP contribution in [-0.4, -0.2) is 30.1 Å². The number of pyridine rings is 1. The summed E-state index contributed by atoms with van der Waals surface area (Å²) in [4.78, 5) is 19.0. The molecule has 0 saturated carbocycles. The second-order valence-corrected chi connectivity index (χ2v) is 5.84. The van der Waals surface area contributed by atoms with Gasteiger partial charge in [-0.25, -0.2) is 4.98 Å². The van der Waals surface area contributed by atoms with Crippen LogP contribution in [0.25, 0.3) is 0 Å². The van der Waals surface area contributed by atoms with Gasteiger partial charge in [-0.2, -0.15) is 0 Å². The number of carbonyl (C=O) groups is 1.